The summed E-state index contributed by atoms with van der Waals surface area (Å²) in [5, 5.41) is 0. The zero-order chi connectivity index (χ0) is 17.9. The molecule has 0 radical (unpaired) electrons. The van der Waals surface area contributed by atoms with E-state index in [-0.39, 0.29) is 5.91 Å². The van der Waals surface area contributed by atoms with Crippen molar-refractivity contribution >= 4 is 11.6 Å². The van der Waals surface area contributed by atoms with Crippen LogP contribution in [0.5, 0.6) is 11.5 Å². The summed E-state index contributed by atoms with van der Waals surface area (Å²) < 4.78 is 10.8. The Morgan fingerprint density at radius 1 is 1.08 bits per heavy atom. The lowest BCUT2D eigenvalue weighted by atomic mass is 10.1. The van der Waals surface area contributed by atoms with Crippen LogP contribution in [0.25, 0.3) is 0 Å². The van der Waals surface area contributed by atoms with Crippen LogP contribution in [0.4, 0.5) is 5.69 Å². The summed E-state index contributed by atoms with van der Waals surface area (Å²) in [6, 6.07) is 14.3. The molecule has 0 unspecified atom stereocenters. The van der Waals surface area contributed by atoms with Crippen molar-refractivity contribution in [2.24, 2.45) is 0 Å². The molecule has 0 bridgehead atoms. The second-order valence-electron chi connectivity index (χ2n) is 6.78. The molecule has 1 saturated heterocycles. The molecule has 2 aromatic rings. The van der Waals surface area contributed by atoms with Gasteiger partial charge in [-0.15, -0.1) is 0 Å². The summed E-state index contributed by atoms with van der Waals surface area (Å²) in [4.78, 5) is 16.9. The molecule has 4 rings (SSSR count). The molecule has 26 heavy (non-hydrogen) atoms. The van der Waals surface area contributed by atoms with Gasteiger partial charge in [-0.05, 0) is 41.5 Å². The van der Waals surface area contributed by atoms with E-state index < -0.39 is 0 Å². The molecule has 5 heteroatoms. The van der Waals surface area contributed by atoms with E-state index in [1.165, 1.54) is 11.3 Å². The van der Waals surface area contributed by atoms with E-state index in [2.05, 4.69) is 29.2 Å². The Labute approximate surface area is 154 Å². The highest BCUT2D eigenvalue weighted by Crippen LogP contribution is 2.26. The third-order valence-electron chi connectivity index (χ3n) is 5.19. The summed E-state index contributed by atoms with van der Waals surface area (Å²) in [5.41, 5.74) is 3.45. The predicted octanol–water partition coefficient (Wildman–Crippen LogP) is 2.52. The molecular weight excluding hydrogens is 328 g/mol. The lowest BCUT2D eigenvalue weighted by Crippen LogP contribution is -2.49. The zero-order valence-corrected chi connectivity index (χ0v) is 15.1. The maximum Gasteiger partial charge on any atom is 0.227 e. The van der Waals surface area contributed by atoms with Crippen molar-refractivity contribution in [2.45, 2.75) is 12.8 Å². The number of hydrogen-bond donors (Lipinski definition) is 0. The summed E-state index contributed by atoms with van der Waals surface area (Å²) in [5.74, 6) is 2.00. The van der Waals surface area contributed by atoms with Gasteiger partial charge >= 0.3 is 0 Å². The smallest absolute Gasteiger partial charge is 0.227 e. The molecule has 0 spiro atoms. The third kappa shape index (κ3) is 3.47. The largest absolute Gasteiger partial charge is 0.497 e. The molecule has 2 aromatic carbocycles. The van der Waals surface area contributed by atoms with Gasteiger partial charge in [-0.3, -0.25) is 4.79 Å². The first-order valence-corrected chi connectivity index (χ1v) is 9.14. The number of anilines is 1. The van der Waals surface area contributed by atoms with E-state index in [1.807, 2.05) is 23.1 Å². The minimum atomic E-state index is 0.192. The number of fused-ring (bicyclic) bond motifs is 1. The molecular formula is C21H24N2O3. The average molecular weight is 352 g/mol. The van der Waals surface area contributed by atoms with E-state index in [9.17, 15) is 4.79 Å². The van der Waals surface area contributed by atoms with Crippen LogP contribution in [0.2, 0.25) is 0 Å². The molecule has 5 nitrogen and oxygen atoms in total. The van der Waals surface area contributed by atoms with E-state index in [0.29, 0.717) is 6.42 Å². The molecule has 1 fully saturated rings. The third-order valence-corrected chi connectivity index (χ3v) is 5.19. The number of rotatable bonds is 4. The van der Waals surface area contributed by atoms with Gasteiger partial charge in [0.05, 0.1) is 20.1 Å². The number of nitrogens with zero attached hydrogens (tertiary/aromatic N) is 2. The summed E-state index contributed by atoms with van der Waals surface area (Å²) >= 11 is 0. The van der Waals surface area contributed by atoms with Gasteiger partial charge in [-0.1, -0.05) is 12.1 Å². The molecule has 2 aliphatic rings. The Bertz CT molecular complexity index is 780. The van der Waals surface area contributed by atoms with Crippen molar-refractivity contribution in [3.05, 3.63) is 53.6 Å². The fourth-order valence-corrected chi connectivity index (χ4v) is 3.61. The summed E-state index contributed by atoms with van der Waals surface area (Å²) in [6.07, 6.45) is 1.41. The number of methoxy groups -OCH3 is 1. The summed E-state index contributed by atoms with van der Waals surface area (Å²) in [7, 11) is 1.67. The first-order valence-electron chi connectivity index (χ1n) is 9.14. The highest BCUT2D eigenvalue weighted by molar-refractivity contribution is 5.79. The van der Waals surface area contributed by atoms with Gasteiger partial charge in [0.1, 0.15) is 11.5 Å². The van der Waals surface area contributed by atoms with Crippen LogP contribution in [0.3, 0.4) is 0 Å². The van der Waals surface area contributed by atoms with Gasteiger partial charge in [-0.25, -0.2) is 0 Å². The predicted molar refractivity (Wildman–Crippen MR) is 101 cm³/mol. The molecule has 0 atom stereocenters. The fourth-order valence-electron chi connectivity index (χ4n) is 3.61. The number of piperazine rings is 1. The van der Waals surface area contributed by atoms with Crippen molar-refractivity contribution < 1.29 is 14.3 Å². The SMILES string of the molecule is COc1ccc(N2CCN(C(=O)Cc3ccc4c(c3)OCC4)CC2)cc1. The van der Waals surface area contributed by atoms with Gasteiger partial charge in [0.25, 0.3) is 0 Å². The first-order chi connectivity index (χ1) is 12.7. The highest BCUT2D eigenvalue weighted by Gasteiger charge is 2.22. The lowest BCUT2D eigenvalue weighted by Gasteiger charge is -2.36. The van der Waals surface area contributed by atoms with Gasteiger partial charge in [0.2, 0.25) is 5.91 Å². The van der Waals surface area contributed by atoms with E-state index in [0.717, 1.165) is 56.3 Å². The monoisotopic (exact) mass is 352 g/mol. The minimum absolute atomic E-state index is 0.192. The van der Waals surface area contributed by atoms with Crippen molar-refractivity contribution in [1.29, 1.82) is 0 Å². The number of benzene rings is 2. The van der Waals surface area contributed by atoms with Crippen LogP contribution in [-0.2, 0) is 17.6 Å². The van der Waals surface area contributed by atoms with E-state index in [1.54, 1.807) is 7.11 Å². The topological polar surface area (TPSA) is 42.0 Å². The van der Waals surface area contributed by atoms with Crippen LogP contribution >= 0.6 is 0 Å². The number of carbonyl (C=O) groups excluding carboxylic acids is 1. The number of hydrogen-bond acceptors (Lipinski definition) is 4. The lowest BCUT2D eigenvalue weighted by molar-refractivity contribution is -0.130. The van der Waals surface area contributed by atoms with Crippen LogP contribution in [0.15, 0.2) is 42.5 Å². The molecule has 0 N–H and O–H groups in total. The number of ether oxygens (including phenoxy) is 2. The molecule has 0 aliphatic carbocycles. The second kappa shape index (κ2) is 7.28. The zero-order valence-electron chi connectivity index (χ0n) is 15.1. The van der Waals surface area contributed by atoms with Crippen LogP contribution in [-0.4, -0.2) is 50.7 Å². The quantitative estimate of drug-likeness (QED) is 0.848. The fraction of sp³-hybridized carbons (Fsp3) is 0.381. The Balaban J connectivity index is 1.33. The minimum Gasteiger partial charge on any atom is -0.497 e. The normalized spacial score (nSPS) is 16.2. The van der Waals surface area contributed by atoms with Gasteiger partial charge in [0.15, 0.2) is 0 Å². The van der Waals surface area contributed by atoms with E-state index in [4.69, 9.17) is 9.47 Å². The maximum absolute atomic E-state index is 12.6. The van der Waals surface area contributed by atoms with Gasteiger partial charge in [0, 0.05) is 38.3 Å². The highest BCUT2D eigenvalue weighted by atomic mass is 16.5. The maximum atomic E-state index is 12.6. The molecule has 0 aromatic heterocycles. The van der Waals surface area contributed by atoms with Crippen molar-refractivity contribution in [3.8, 4) is 11.5 Å². The average Bonchev–Trinajstić information content (AvgIpc) is 3.16. The van der Waals surface area contributed by atoms with Crippen LogP contribution < -0.4 is 14.4 Å². The van der Waals surface area contributed by atoms with Crippen LogP contribution in [0.1, 0.15) is 11.1 Å². The Morgan fingerprint density at radius 3 is 2.58 bits per heavy atom. The molecule has 0 saturated carbocycles. The second-order valence-corrected chi connectivity index (χ2v) is 6.78. The van der Waals surface area contributed by atoms with E-state index >= 15 is 0 Å². The molecule has 136 valence electrons. The van der Waals surface area contributed by atoms with Crippen LogP contribution in [0, 0.1) is 0 Å². The number of carbonyl (C=O) groups is 1. The Kier molecular flexibility index (Phi) is 4.69. The number of amides is 1. The standard InChI is InChI=1S/C21H24N2O3/c1-25-19-6-4-18(5-7-19)22-9-11-23(12-10-22)21(24)15-16-2-3-17-8-13-26-20(17)14-16/h2-7,14H,8-13,15H2,1H3. The van der Waals surface area contributed by atoms with Gasteiger partial charge in [-0.2, -0.15) is 0 Å². The Hall–Kier alpha value is -2.69. The summed E-state index contributed by atoms with van der Waals surface area (Å²) in [6.45, 7) is 3.97. The first kappa shape index (κ1) is 16.8. The van der Waals surface area contributed by atoms with Crippen molar-refractivity contribution in [3.63, 3.8) is 0 Å². The Morgan fingerprint density at radius 2 is 1.85 bits per heavy atom. The molecule has 2 aliphatic heterocycles. The van der Waals surface area contributed by atoms with Crippen molar-refractivity contribution in [1.82, 2.24) is 4.90 Å². The van der Waals surface area contributed by atoms with Gasteiger partial charge < -0.3 is 19.3 Å². The molecule has 2 heterocycles. The molecule has 1 amide bonds. The van der Waals surface area contributed by atoms with Crippen molar-refractivity contribution in [2.75, 3.05) is 44.8 Å².